The smallest absolute Gasteiger partial charge is 0.227 e. The van der Waals surface area contributed by atoms with Gasteiger partial charge in [-0.25, -0.2) is 19.9 Å². The molecule has 8 bridgehead atoms. The van der Waals surface area contributed by atoms with Crippen molar-refractivity contribution in [1.82, 2.24) is 19.9 Å². The van der Waals surface area contributed by atoms with Crippen LogP contribution in [0.4, 0.5) is 0 Å². The summed E-state index contributed by atoms with van der Waals surface area (Å²) in [6.45, 7) is 19.2. The first kappa shape index (κ1) is 84.9. The van der Waals surface area contributed by atoms with Crippen LogP contribution < -0.4 is 18.3 Å². The quantitative estimate of drug-likeness (QED) is 0.160. The van der Waals surface area contributed by atoms with Crippen LogP contribution in [0.25, 0.3) is 133 Å². The van der Waals surface area contributed by atoms with Crippen LogP contribution in [0.1, 0.15) is 232 Å². The predicted octanol–water partition coefficient (Wildman–Crippen LogP) is 28.6. The molecule has 0 atom stereocenters. The fourth-order valence-corrected chi connectivity index (χ4v) is 27.7. The van der Waals surface area contributed by atoms with Crippen molar-refractivity contribution in [3.63, 3.8) is 0 Å². The van der Waals surface area contributed by atoms with Crippen LogP contribution in [-0.4, -0.2) is 19.9 Å². The molecule has 0 spiro atoms. The summed E-state index contributed by atoms with van der Waals surface area (Å²) in [6, 6.07) is 121. The number of furan rings is 4. The van der Waals surface area contributed by atoms with E-state index in [1.807, 2.05) is 26.8 Å². The summed E-state index contributed by atoms with van der Waals surface area (Å²) >= 11 is 0. The van der Waals surface area contributed by atoms with Crippen LogP contribution in [0.2, 0.25) is 0 Å². The maximum Gasteiger partial charge on any atom is 0.227 e. The Bertz CT molecular complexity index is 9680. The average Bonchev–Trinajstić information content (AvgIpc) is 1.15. The molecular formula is C133H102N8O4+4. The number of hydrogen-bond donors (Lipinski definition) is 0. The van der Waals surface area contributed by atoms with Gasteiger partial charge in [0.1, 0.15) is 28.2 Å². The monoisotopic (exact) mass is 1870 g/mol. The number of nitrogens with zero attached hydrogens (tertiary/aromatic N) is 8. The van der Waals surface area contributed by atoms with Gasteiger partial charge in [-0.15, -0.1) is 0 Å². The third-order valence-corrected chi connectivity index (χ3v) is 34.0. The molecule has 0 saturated heterocycles. The maximum absolute atomic E-state index is 6.53. The highest BCUT2D eigenvalue weighted by molar-refractivity contribution is 6.13. The van der Waals surface area contributed by atoms with Crippen LogP contribution >= 0.6 is 0 Å². The van der Waals surface area contributed by atoms with Crippen molar-refractivity contribution < 1.29 is 35.9 Å². The van der Waals surface area contributed by atoms with Crippen molar-refractivity contribution >= 4 is 88.3 Å². The van der Waals surface area contributed by atoms with E-state index in [4.69, 9.17) is 27.6 Å². The average molecular weight is 1880 g/mol. The van der Waals surface area contributed by atoms with Gasteiger partial charge in [0, 0.05) is 137 Å². The molecule has 0 unspecified atom stereocenters. The minimum Gasteiger partial charge on any atom is -0.437 e. The van der Waals surface area contributed by atoms with Gasteiger partial charge in [0.2, 0.25) is 45.6 Å². The van der Waals surface area contributed by atoms with E-state index in [2.05, 4.69) is 419 Å². The molecule has 12 nitrogen and oxygen atoms in total. The molecule has 36 rings (SSSR count). The molecule has 12 aromatic carbocycles. The molecule has 12 heteroatoms. The van der Waals surface area contributed by atoms with Gasteiger partial charge >= 0.3 is 0 Å². The van der Waals surface area contributed by atoms with Crippen LogP contribution in [0.3, 0.4) is 0 Å². The molecule has 145 heavy (non-hydrogen) atoms. The molecule has 12 aliphatic rings. The van der Waals surface area contributed by atoms with Gasteiger partial charge in [-0.3, -0.25) is 0 Å². The molecule has 0 radical (unpaired) electrons. The standard InChI is InChI=1S/2C34H27N2O.C33H25N2O.C32H23N2O/c1-18-17-19(2)29(33-28(18)26-14-13-20(3)35-34(26)37-33)27-16-15-25-30-21-9-5-7-11-23(21)31(32(25)36(27)4)24-12-8-6-10-22(24)30;1-18-17-27-25-14-13-19(2)35-34(25)37-33(27)29(20(18)3)28-16-15-26-30-21-9-5-7-11-23(21)31(32(26)36(28)4)24-12-8-6-10-22(24)30;1-18-12-14-24-25-15-13-19(2)34-33(25)36-32(24)28(18)27-17-16-26-29-20-8-4-6-10-22(20)30(31(26)35(27)3)23-11-7-5-9-21(23)29;1-18-13-14-23-24-12-7-17-33-32(24)35-31(23)27(18)26-16-15-25-28-19-8-3-5-10-21(19)29(30(25)34(26)2)22-11-6-4-9-20(22)28/h2*5-17,30-31H,1-4H3;4-17,29-30H,1-3H3;3-17,28-29H,1-2H3/q4*+1. The maximum atomic E-state index is 6.53. The number of rotatable bonds is 4. The largest absolute Gasteiger partial charge is 0.437 e. The molecule has 12 aromatic heterocycles. The van der Waals surface area contributed by atoms with Gasteiger partial charge in [0.05, 0.1) is 45.9 Å². The van der Waals surface area contributed by atoms with E-state index in [0.29, 0.717) is 22.9 Å². The topological polar surface area (TPSA) is 120 Å². The van der Waals surface area contributed by atoms with E-state index in [9.17, 15) is 0 Å². The highest BCUT2D eigenvalue weighted by atomic mass is 16.4. The lowest BCUT2D eigenvalue weighted by atomic mass is 9.62. The van der Waals surface area contributed by atoms with Crippen molar-refractivity contribution in [2.24, 2.45) is 28.2 Å². The fourth-order valence-electron chi connectivity index (χ4n) is 27.7. The molecule has 0 N–H and O–H groups in total. The Hall–Kier alpha value is -17.0. The molecular weight excluding hydrogens is 1770 g/mol. The van der Waals surface area contributed by atoms with Crippen molar-refractivity contribution in [3.8, 4) is 45.0 Å². The predicted molar refractivity (Wildman–Crippen MR) is 574 cm³/mol. The van der Waals surface area contributed by atoms with Crippen LogP contribution in [0.15, 0.2) is 351 Å². The van der Waals surface area contributed by atoms with Crippen molar-refractivity contribution in [3.05, 3.63) is 518 Å². The Balaban J connectivity index is 0.0000000918. The van der Waals surface area contributed by atoms with E-state index < -0.39 is 0 Å². The zero-order chi connectivity index (χ0) is 97.4. The highest BCUT2D eigenvalue weighted by Gasteiger charge is 2.53. The first-order chi connectivity index (χ1) is 70.9. The van der Waals surface area contributed by atoms with Gasteiger partial charge < -0.3 is 17.7 Å². The molecule has 12 aliphatic carbocycles. The number of aromatic nitrogens is 8. The van der Waals surface area contributed by atoms with Gasteiger partial charge in [0.15, 0.2) is 45.1 Å². The SMILES string of the molecule is Cc1ccc2c(n1)oc1c(-c3ccc4c([n+]3C)C3c5ccccc5C4c4ccccc43)c(C)c(C)cc12.Cc1ccc2c(n1)oc1c(-c3ccc4c([n+]3C)C3c5ccccc5C4c4ccccc43)c(C)cc(C)c12.Cc1ccc2c(n1)oc1c(-c3ccc4c([n+]3C)C3c5ccccc5C4c4ccccc43)c(C)ccc12.Cc1ccc2c(oc3ncccc32)c1-c1ccc2c([n+]1C)C1c3ccccc3C2c2ccccc21. The van der Waals surface area contributed by atoms with E-state index >= 15 is 0 Å². The lowest BCUT2D eigenvalue weighted by Crippen LogP contribution is -2.44. The lowest BCUT2D eigenvalue weighted by molar-refractivity contribution is -0.669. The summed E-state index contributed by atoms with van der Waals surface area (Å²) < 4.78 is 35.6. The highest BCUT2D eigenvalue weighted by Crippen LogP contribution is 2.61. The van der Waals surface area contributed by atoms with E-state index in [1.165, 1.54) is 196 Å². The van der Waals surface area contributed by atoms with Crippen LogP contribution in [0.5, 0.6) is 0 Å². The van der Waals surface area contributed by atoms with Crippen LogP contribution in [-0.2, 0) is 28.2 Å². The van der Waals surface area contributed by atoms with Gasteiger partial charge in [0.25, 0.3) is 0 Å². The normalized spacial score (nSPS) is 17.3. The number of aryl methyl sites for hydroxylation is 8. The molecule has 0 saturated carbocycles. The molecule has 0 fully saturated rings. The first-order valence-corrected chi connectivity index (χ1v) is 50.9. The van der Waals surface area contributed by atoms with Crippen molar-refractivity contribution in [2.75, 3.05) is 0 Å². The molecule has 694 valence electrons. The number of hydrogen-bond acceptors (Lipinski definition) is 8. The first-order valence-electron chi connectivity index (χ1n) is 50.9. The number of pyridine rings is 8. The summed E-state index contributed by atoms with van der Waals surface area (Å²) in [7, 11) is 8.91. The summed E-state index contributed by atoms with van der Waals surface area (Å²) in [6.07, 6.45) is 1.79. The van der Waals surface area contributed by atoms with E-state index in [0.717, 1.165) is 99.2 Å². The lowest BCUT2D eigenvalue weighted by Gasteiger charge is -2.39. The van der Waals surface area contributed by atoms with E-state index in [-0.39, 0.29) is 47.3 Å². The fraction of sp³-hybridized carbons (Fsp3) is 0.158. The minimum atomic E-state index is 0.220. The molecule has 12 heterocycles. The summed E-state index contributed by atoms with van der Waals surface area (Å²) in [5.41, 5.74) is 60.3. The van der Waals surface area contributed by atoms with Gasteiger partial charge in [-0.2, -0.15) is 18.3 Å². The minimum absolute atomic E-state index is 0.220. The second-order valence-corrected chi connectivity index (χ2v) is 41.6. The zero-order valence-corrected chi connectivity index (χ0v) is 83.1. The Labute approximate surface area is 839 Å². The second kappa shape index (κ2) is 31.5. The summed E-state index contributed by atoms with van der Waals surface area (Å²) in [5.74, 6) is 1.97. The van der Waals surface area contributed by atoms with Gasteiger partial charge in [-0.1, -0.05) is 224 Å². The Morgan fingerprint density at radius 1 is 0.200 bits per heavy atom. The Morgan fingerprint density at radius 3 is 0.814 bits per heavy atom. The molecule has 0 aliphatic heterocycles. The number of fused-ring (bicyclic) bond motifs is 12. The van der Waals surface area contributed by atoms with Crippen molar-refractivity contribution in [1.29, 1.82) is 0 Å². The molecule has 24 aromatic rings. The third-order valence-electron chi connectivity index (χ3n) is 34.0. The summed E-state index contributed by atoms with van der Waals surface area (Å²) in [5, 5.41) is 8.82. The number of benzene rings is 12. The molecule has 0 amide bonds. The Kier molecular flexibility index (Phi) is 18.4. The van der Waals surface area contributed by atoms with E-state index in [1.54, 1.807) is 6.20 Å². The second-order valence-electron chi connectivity index (χ2n) is 41.6. The third kappa shape index (κ3) is 12.0. The van der Waals surface area contributed by atoms with Crippen LogP contribution in [0, 0.1) is 62.3 Å². The van der Waals surface area contributed by atoms with Crippen molar-refractivity contribution in [2.45, 2.75) is 110 Å². The summed E-state index contributed by atoms with van der Waals surface area (Å²) in [4.78, 5) is 18.6. The Morgan fingerprint density at radius 2 is 0.469 bits per heavy atom. The zero-order valence-electron chi connectivity index (χ0n) is 83.1. The van der Waals surface area contributed by atoms with Gasteiger partial charge in [-0.05, 0) is 264 Å².